The first-order valence-corrected chi connectivity index (χ1v) is 15.5. The van der Waals surface area contributed by atoms with E-state index in [0.717, 1.165) is 0 Å². The summed E-state index contributed by atoms with van der Waals surface area (Å²) in [5.74, 6) is -0.381. The van der Waals surface area contributed by atoms with E-state index >= 15 is 0 Å². The van der Waals surface area contributed by atoms with Crippen molar-refractivity contribution in [3.05, 3.63) is 30.3 Å². The molecule has 1 saturated carbocycles. The van der Waals surface area contributed by atoms with Gasteiger partial charge in [-0.2, -0.15) is 0 Å². The molecule has 2 bridgehead atoms. The number of sulfone groups is 1. The molecule has 30 heavy (non-hydrogen) atoms. The second kappa shape index (κ2) is 6.74. The van der Waals surface area contributed by atoms with Crippen LogP contribution in [0.4, 0.5) is 0 Å². The van der Waals surface area contributed by atoms with Crippen LogP contribution in [0.25, 0.3) is 0 Å². The number of rotatable bonds is 5. The summed E-state index contributed by atoms with van der Waals surface area (Å²) in [7, 11) is -5.84. The normalized spacial score (nSPS) is 36.3. The van der Waals surface area contributed by atoms with Gasteiger partial charge in [0.15, 0.2) is 23.9 Å². The number of hydrogen-bond donors (Lipinski definition) is 0. The maximum absolute atomic E-state index is 13.9. The van der Waals surface area contributed by atoms with Gasteiger partial charge >= 0.3 is 0 Å². The largest absolute Gasteiger partial charge is 0.413 e. The van der Waals surface area contributed by atoms with Crippen molar-refractivity contribution in [3.8, 4) is 0 Å². The lowest BCUT2D eigenvalue weighted by Crippen LogP contribution is -2.56. The SMILES string of the molecule is CC[C@@]12CC(=O)[C@]3(CC[C@H](O[Si](C)(C)C(C)(C)C)[C@@H]3[C@H]1S(=O)(=O)c1ccccc1)O2. The fourth-order valence-electron chi connectivity index (χ4n) is 5.57. The number of ether oxygens (including phenoxy) is 1. The number of fused-ring (bicyclic) bond motifs is 1. The zero-order chi connectivity index (χ0) is 22.2. The molecule has 0 N–H and O–H groups in total. The minimum absolute atomic E-state index is 0.00147. The van der Waals surface area contributed by atoms with Gasteiger partial charge in [0.2, 0.25) is 0 Å². The predicted octanol–water partition coefficient (Wildman–Crippen LogP) is 4.52. The molecule has 0 aromatic heterocycles. The molecule has 2 heterocycles. The van der Waals surface area contributed by atoms with Gasteiger partial charge in [0.1, 0.15) is 10.9 Å². The maximum atomic E-state index is 13.9. The highest BCUT2D eigenvalue weighted by atomic mass is 32.2. The Morgan fingerprint density at radius 3 is 2.40 bits per heavy atom. The smallest absolute Gasteiger partial charge is 0.192 e. The van der Waals surface area contributed by atoms with Crippen molar-refractivity contribution in [2.24, 2.45) is 5.92 Å². The standard InChI is InChI=1S/C23H34O5SSi/c1-7-22-15-18(24)23(28-22)14-13-17(27-30(5,6)21(2,3)4)19(23)20(22)29(25,26)16-11-9-8-10-12-16/h8-12,17,19-20H,7,13-15H2,1-6H3/t17-,19+,20+,22+,23-/m0/s1. The lowest BCUT2D eigenvalue weighted by Gasteiger charge is -2.43. The molecular formula is C23H34O5SSi. The number of carbonyl (C=O) groups excluding carboxylic acids is 1. The fraction of sp³-hybridized carbons (Fsp3) is 0.696. The predicted molar refractivity (Wildman–Crippen MR) is 119 cm³/mol. The van der Waals surface area contributed by atoms with Crippen LogP contribution >= 0.6 is 0 Å². The summed E-state index contributed by atoms with van der Waals surface area (Å²) in [5, 5.41) is -0.756. The number of Topliss-reactive ketones (excluding diaryl/α,β-unsaturated/α-hetero) is 1. The lowest BCUT2D eigenvalue weighted by molar-refractivity contribution is -0.134. The molecule has 0 unspecified atom stereocenters. The van der Waals surface area contributed by atoms with Gasteiger partial charge in [0.25, 0.3) is 0 Å². The van der Waals surface area contributed by atoms with E-state index in [4.69, 9.17) is 9.16 Å². The fourth-order valence-corrected chi connectivity index (χ4v) is 9.42. The molecule has 1 aliphatic carbocycles. The van der Waals surface area contributed by atoms with Crippen molar-refractivity contribution >= 4 is 23.9 Å². The van der Waals surface area contributed by atoms with Crippen molar-refractivity contribution in [2.45, 2.75) is 99.0 Å². The van der Waals surface area contributed by atoms with Gasteiger partial charge in [-0.05, 0) is 49.5 Å². The highest BCUT2D eigenvalue weighted by Gasteiger charge is 2.77. The zero-order valence-corrected chi connectivity index (χ0v) is 20.7. The van der Waals surface area contributed by atoms with E-state index in [1.165, 1.54) is 0 Å². The topological polar surface area (TPSA) is 69.7 Å². The van der Waals surface area contributed by atoms with E-state index in [1.807, 2.05) is 13.0 Å². The monoisotopic (exact) mass is 450 g/mol. The van der Waals surface area contributed by atoms with Gasteiger partial charge < -0.3 is 9.16 Å². The Hall–Kier alpha value is -1.02. The maximum Gasteiger partial charge on any atom is 0.192 e. The number of benzene rings is 1. The Kier molecular flexibility index (Phi) is 4.98. The first-order chi connectivity index (χ1) is 13.8. The lowest BCUT2D eigenvalue weighted by atomic mass is 9.73. The third-order valence-corrected chi connectivity index (χ3v) is 15.0. The quantitative estimate of drug-likeness (QED) is 0.617. The van der Waals surface area contributed by atoms with Crippen LogP contribution in [0.15, 0.2) is 35.2 Å². The van der Waals surface area contributed by atoms with Gasteiger partial charge in [-0.3, -0.25) is 4.79 Å². The molecule has 7 heteroatoms. The molecule has 1 aromatic carbocycles. The van der Waals surface area contributed by atoms with Crippen LogP contribution < -0.4 is 0 Å². The van der Waals surface area contributed by atoms with Crippen LogP contribution in [0.2, 0.25) is 18.1 Å². The zero-order valence-electron chi connectivity index (χ0n) is 18.9. The molecule has 2 aliphatic heterocycles. The minimum Gasteiger partial charge on any atom is -0.413 e. The van der Waals surface area contributed by atoms with E-state index in [2.05, 4.69) is 33.9 Å². The van der Waals surface area contributed by atoms with E-state index < -0.39 is 40.5 Å². The highest BCUT2D eigenvalue weighted by molar-refractivity contribution is 7.92. The molecule has 1 spiro atoms. The molecule has 5 atom stereocenters. The average Bonchev–Trinajstić information content (AvgIpc) is 3.25. The van der Waals surface area contributed by atoms with Crippen LogP contribution in [0, 0.1) is 5.92 Å². The summed E-state index contributed by atoms with van der Waals surface area (Å²) in [5.41, 5.74) is -1.96. The van der Waals surface area contributed by atoms with Crippen LogP contribution in [-0.4, -0.2) is 45.1 Å². The van der Waals surface area contributed by atoms with Gasteiger partial charge in [-0.25, -0.2) is 8.42 Å². The van der Waals surface area contributed by atoms with E-state index in [9.17, 15) is 13.2 Å². The van der Waals surface area contributed by atoms with Crippen molar-refractivity contribution < 1.29 is 22.4 Å². The van der Waals surface area contributed by atoms with Gasteiger partial charge in [0, 0.05) is 12.3 Å². The first-order valence-electron chi connectivity index (χ1n) is 11.0. The molecular weight excluding hydrogens is 416 g/mol. The number of ketones is 1. The van der Waals surface area contributed by atoms with Gasteiger partial charge in [-0.15, -0.1) is 0 Å². The number of hydrogen-bond acceptors (Lipinski definition) is 5. The van der Waals surface area contributed by atoms with Gasteiger partial charge in [-0.1, -0.05) is 45.9 Å². The van der Waals surface area contributed by atoms with Crippen molar-refractivity contribution in [2.75, 3.05) is 0 Å². The molecule has 0 radical (unpaired) electrons. The molecule has 3 fully saturated rings. The summed E-state index contributed by atoms with van der Waals surface area (Å²) < 4.78 is 41.1. The Morgan fingerprint density at radius 2 is 1.83 bits per heavy atom. The third-order valence-electron chi connectivity index (χ3n) is 8.16. The summed E-state index contributed by atoms with van der Waals surface area (Å²) >= 11 is 0. The second-order valence-electron chi connectivity index (χ2n) is 10.8. The van der Waals surface area contributed by atoms with Crippen molar-refractivity contribution in [1.29, 1.82) is 0 Å². The van der Waals surface area contributed by atoms with E-state index in [0.29, 0.717) is 24.2 Å². The molecule has 2 saturated heterocycles. The molecule has 4 rings (SSSR count). The molecule has 5 nitrogen and oxygen atoms in total. The van der Waals surface area contributed by atoms with Crippen molar-refractivity contribution in [3.63, 3.8) is 0 Å². The Balaban J connectivity index is 1.82. The molecule has 0 amide bonds. The molecule has 1 aromatic rings. The summed E-state index contributed by atoms with van der Waals surface area (Å²) in [6, 6.07) is 8.61. The summed E-state index contributed by atoms with van der Waals surface area (Å²) in [4.78, 5) is 13.5. The Bertz CT molecular complexity index is 952. The number of carbonyl (C=O) groups is 1. The van der Waals surface area contributed by atoms with E-state index in [-0.39, 0.29) is 23.3 Å². The Labute approximate surface area is 181 Å². The van der Waals surface area contributed by atoms with E-state index in [1.54, 1.807) is 24.3 Å². The third kappa shape index (κ3) is 2.92. The van der Waals surface area contributed by atoms with Crippen LogP contribution in [-0.2, 0) is 23.8 Å². The van der Waals surface area contributed by atoms with Crippen molar-refractivity contribution in [1.82, 2.24) is 0 Å². The second-order valence-corrected chi connectivity index (χ2v) is 17.6. The van der Waals surface area contributed by atoms with Crippen LogP contribution in [0.3, 0.4) is 0 Å². The van der Waals surface area contributed by atoms with Crippen LogP contribution in [0.5, 0.6) is 0 Å². The Morgan fingerprint density at radius 1 is 1.20 bits per heavy atom. The molecule has 3 aliphatic rings. The minimum atomic E-state index is -3.69. The average molecular weight is 451 g/mol. The highest BCUT2D eigenvalue weighted by Crippen LogP contribution is 2.64. The first kappa shape index (κ1) is 22.2. The molecule has 166 valence electrons. The summed E-state index contributed by atoms with van der Waals surface area (Å²) in [6.07, 6.45) is 1.64. The van der Waals surface area contributed by atoms with Gasteiger partial charge in [0.05, 0.1) is 16.6 Å². The summed E-state index contributed by atoms with van der Waals surface area (Å²) in [6.45, 7) is 12.8. The van der Waals surface area contributed by atoms with Crippen LogP contribution in [0.1, 0.15) is 53.4 Å².